The Morgan fingerprint density at radius 3 is 2.60 bits per heavy atom. The molecule has 0 fully saturated rings. The van der Waals surface area contributed by atoms with Crippen LogP contribution in [0.5, 0.6) is 5.95 Å². The molecule has 0 spiro atoms. The molecule has 0 saturated heterocycles. The molecule has 0 amide bonds. The first kappa shape index (κ1) is 6.68. The molecule has 0 saturated carbocycles. The van der Waals surface area contributed by atoms with Crippen molar-refractivity contribution in [1.82, 2.24) is 0 Å². The fourth-order valence-electron chi connectivity index (χ4n) is 0.524. The van der Waals surface area contributed by atoms with Crippen LogP contribution in [0.15, 0.2) is 47.1 Å². The van der Waals surface area contributed by atoms with Crippen molar-refractivity contribution in [3.8, 4) is 5.95 Å². The molecule has 10 heavy (non-hydrogen) atoms. The van der Waals surface area contributed by atoms with E-state index in [2.05, 4.69) is 0 Å². The highest BCUT2D eigenvalue weighted by atomic mass is 16.5. The number of hydrogen-bond acceptors (Lipinski definition) is 2. The van der Waals surface area contributed by atoms with Gasteiger partial charge in [0.1, 0.15) is 0 Å². The molecule has 0 bridgehead atoms. The average molecular weight is 136 g/mol. The van der Waals surface area contributed by atoms with E-state index in [-0.39, 0.29) is 5.95 Å². The zero-order valence-electron chi connectivity index (χ0n) is 5.40. The Bertz CT molecular complexity index is 215. The third kappa shape index (κ3) is 2.22. The van der Waals surface area contributed by atoms with Gasteiger partial charge in [0.25, 0.3) is 5.95 Å². The van der Waals surface area contributed by atoms with Crippen molar-refractivity contribution in [2.75, 3.05) is 0 Å². The van der Waals surface area contributed by atoms with E-state index < -0.39 is 0 Å². The minimum Gasteiger partial charge on any atom is -0.481 e. The van der Waals surface area contributed by atoms with Crippen LogP contribution in [0.2, 0.25) is 0 Å². The van der Waals surface area contributed by atoms with E-state index in [9.17, 15) is 0 Å². The molecular formula is C8H8O2. The summed E-state index contributed by atoms with van der Waals surface area (Å²) in [6.45, 7) is 0. The lowest BCUT2D eigenvalue weighted by molar-refractivity contribution is 0.325. The van der Waals surface area contributed by atoms with Gasteiger partial charge in [-0.3, -0.25) is 0 Å². The molecular weight excluding hydrogens is 128 g/mol. The maximum Gasteiger partial charge on any atom is 0.281 e. The maximum atomic E-state index is 8.85. The van der Waals surface area contributed by atoms with Crippen LogP contribution in [0.3, 0.4) is 0 Å². The highest BCUT2D eigenvalue weighted by Gasteiger charge is 1.74. The summed E-state index contributed by atoms with van der Waals surface area (Å²) < 4.78 is 4.70. The Morgan fingerprint density at radius 2 is 1.70 bits per heavy atom. The summed E-state index contributed by atoms with van der Waals surface area (Å²) in [4.78, 5) is 0. The van der Waals surface area contributed by atoms with Gasteiger partial charge in [0.05, 0.1) is 6.26 Å². The van der Waals surface area contributed by atoms with Gasteiger partial charge in [0, 0.05) is 6.07 Å². The summed E-state index contributed by atoms with van der Waals surface area (Å²) in [6.07, 6.45) is 1.41. The molecule has 52 valence electrons. The SMILES string of the molecule is Oc1ccccccco1. The van der Waals surface area contributed by atoms with Crippen LogP contribution in [0.1, 0.15) is 0 Å². The van der Waals surface area contributed by atoms with Gasteiger partial charge in [0.15, 0.2) is 0 Å². The average Bonchev–Trinajstić information content (AvgIpc) is 2.02. The van der Waals surface area contributed by atoms with Crippen molar-refractivity contribution in [1.29, 1.82) is 0 Å². The third-order valence-corrected chi connectivity index (χ3v) is 0.951. The molecule has 2 heteroatoms. The van der Waals surface area contributed by atoms with Crippen molar-refractivity contribution in [3.63, 3.8) is 0 Å². The van der Waals surface area contributed by atoms with Crippen molar-refractivity contribution < 1.29 is 9.52 Å². The Hall–Kier alpha value is -1.44. The first-order chi connectivity index (χ1) is 4.89. The minimum atomic E-state index is -0.101. The standard InChI is InChI=1S/C8H8O2/c9-8-6-4-2-1-3-5-7-10-8/h1-7,9H. The molecule has 0 aliphatic rings. The largest absolute Gasteiger partial charge is 0.481 e. The first-order valence-electron chi connectivity index (χ1n) is 2.95. The lowest BCUT2D eigenvalue weighted by Gasteiger charge is -1.78. The van der Waals surface area contributed by atoms with Gasteiger partial charge in [-0.1, -0.05) is 24.3 Å². The topological polar surface area (TPSA) is 33.4 Å². The molecule has 0 unspecified atom stereocenters. The minimum absolute atomic E-state index is 0.101. The molecule has 0 aliphatic carbocycles. The molecule has 0 atom stereocenters. The fraction of sp³-hybridized carbons (Fsp3) is 0. The highest BCUT2D eigenvalue weighted by molar-refractivity contribution is 5.01. The van der Waals surface area contributed by atoms with Crippen LogP contribution in [-0.2, 0) is 0 Å². The number of hydrogen-bond donors (Lipinski definition) is 1. The van der Waals surface area contributed by atoms with Crippen molar-refractivity contribution in [3.05, 3.63) is 42.7 Å². The van der Waals surface area contributed by atoms with E-state index in [0.717, 1.165) is 0 Å². The van der Waals surface area contributed by atoms with E-state index >= 15 is 0 Å². The van der Waals surface area contributed by atoms with E-state index in [1.807, 2.05) is 12.1 Å². The van der Waals surface area contributed by atoms with Crippen LogP contribution in [-0.4, -0.2) is 5.11 Å². The van der Waals surface area contributed by atoms with Gasteiger partial charge in [-0.2, -0.15) is 0 Å². The maximum absolute atomic E-state index is 8.85. The molecule has 1 rings (SSSR count). The molecule has 1 aromatic rings. The zero-order chi connectivity index (χ0) is 7.23. The van der Waals surface area contributed by atoms with E-state index in [1.165, 1.54) is 12.3 Å². The second kappa shape index (κ2) is 3.56. The molecule has 2 nitrogen and oxygen atoms in total. The summed E-state index contributed by atoms with van der Waals surface area (Å²) in [7, 11) is 0. The summed E-state index contributed by atoms with van der Waals surface area (Å²) in [6, 6.07) is 10.3. The fourth-order valence-corrected chi connectivity index (χ4v) is 0.524. The molecule has 0 aliphatic heterocycles. The van der Waals surface area contributed by atoms with Gasteiger partial charge in [-0.25, -0.2) is 0 Å². The quantitative estimate of drug-likeness (QED) is 0.592. The van der Waals surface area contributed by atoms with Crippen LogP contribution in [0.4, 0.5) is 0 Å². The van der Waals surface area contributed by atoms with E-state index in [4.69, 9.17) is 9.52 Å². The van der Waals surface area contributed by atoms with Gasteiger partial charge >= 0.3 is 0 Å². The number of aromatic hydroxyl groups is 1. The molecule has 0 radical (unpaired) electrons. The Labute approximate surface area is 59.1 Å². The van der Waals surface area contributed by atoms with Crippen LogP contribution in [0.25, 0.3) is 0 Å². The summed E-state index contributed by atoms with van der Waals surface area (Å²) in [5, 5.41) is 8.85. The lowest BCUT2D eigenvalue weighted by atomic mass is 10.5. The third-order valence-electron chi connectivity index (χ3n) is 0.951. The summed E-state index contributed by atoms with van der Waals surface area (Å²) in [5.74, 6) is -0.101. The first-order valence-corrected chi connectivity index (χ1v) is 2.95. The molecule has 1 N–H and O–H groups in total. The second-order valence-corrected chi connectivity index (χ2v) is 1.72. The van der Waals surface area contributed by atoms with Gasteiger partial charge in [-0.15, -0.1) is 0 Å². The van der Waals surface area contributed by atoms with Crippen molar-refractivity contribution in [2.24, 2.45) is 0 Å². The number of rotatable bonds is 0. The van der Waals surface area contributed by atoms with Crippen LogP contribution < -0.4 is 0 Å². The van der Waals surface area contributed by atoms with Gasteiger partial charge in [0.2, 0.25) is 0 Å². The lowest BCUT2D eigenvalue weighted by Crippen LogP contribution is -1.50. The molecule has 1 heterocycles. The van der Waals surface area contributed by atoms with Crippen LogP contribution >= 0.6 is 0 Å². The normalized spacial score (nSPS) is 8.40. The predicted molar refractivity (Wildman–Crippen MR) is 38.0 cm³/mol. The molecule has 0 aromatic carbocycles. The zero-order valence-corrected chi connectivity index (χ0v) is 5.40. The van der Waals surface area contributed by atoms with Crippen molar-refractivity contribution in [2.45, 2.75) is 0 Å². The van der Waals surface area contributed by atoms with E-state index in [0.29, 0.717) is 0 Å². The Kier molecular flexibility index (Phi) is 2.38. The monoisotopic (exact) mass is 136 g/mol. The van der Waals surface area contributed by atoms with Gasteiger partial charge < -0.3 is 9.52 Å². The summed E-state index contributed by atoms with van der Waals surface area (Å²) >= 11 is 0. The van der Waals surface area contributed by atoms with E-state index in [1.54, 1.807) is 18.2 Å². The van der Waals surface area contributed by atoms with Crippen LogP contribution in [0, 0.1) is 0 Å². The summed E-state index contributed by atoms with van der Waals surface area (Å²) in [5.41, 5.74) is 0. The molecule has 1 aromatic heterocycles. The van der Waals surface area contributed by atoms with Gasteiger partial charge in [-0.05, 0) is 6.07 Å². The second-order valence-electron chi connectivity index (χ2n) is 1.72. The van der Waals surface area contributed by atoms with Crippen molar-refractivity contribution >= 4 is 0 Å². The Balaban J connectivity index is 3.13. The predicted octanol–water partition coefficient (Wildman–Crippen LogP) is 2.11. The smallest absolute Gasteiger partial charge is 0.281 e. The Morgan fingerprint density at radius 1 is 1.00 bits per heavy atom. The highest BCUT2D eigenvalue weighted by Crippen LogP contribution is 2.00.